The van der Waals surface area contributed by atoms with E-state index in [1.165, 1.54) is 16.9 Å². The lowest BCUT2D eigenvalue weighted by molar-refractivity contribution is 0.103. The second-order valence-electron chi connectivity index (χ2n) is 6.70. The smallest absolute Gasteiger partial charge is 0.193 e. The Bertz CT molecular complexity index is 857. The average molecular weight is 376 g/mol. The van der Waals surface area contributed by atoms with E-state index in [9.17, 15) is 4.79 Å². The third kappa shape index (κ3) is 5.56. The highest BCUT2D eigenvalue weighted by atomic mass is 32.2. The lowest BCUT2D eigenvalue weighted by Crippen LogP contribution is -2.18. The van der Waals surface area contributed by atoms with Crippen molar-refractivity contribution in [2.75, 3.05) is 13.6 Å². The van der Waals surface area contributed by atoms with Crippen molar-refractivity contribution in [3.8, 4) is 0 Å². The van der Waals surface area contributed by atoms with Gasteiger partial charge in [-0.15, -0.1) is 0 Å². The molecule has 2 nitrogen and oxygen atoms in total. The number of carbonyl (C=O) groups is 1. The Morgan fingerprint density at radius 3 is 1.96 bits per heavy atom. The van der Waals surface area contributed by atoms with Crippen molar-refractivity contribution in [2.24, 2.45) is 0 Å². The van der Waals surface area contributed by atoms with Gasteiger partial charge in [-0.2, -0.15) is 0 Å². The Kier molecular flexibility index (Phi) is 6.86. The van der Waals surface area contributed by atoms with Crippen molar-refractivity contribution >= 4 is 17.5 Å². The number of benzene rings is 3. The molecule has 0 fully saturated rings. The predicted molar refractivity (Wildman–Crippen MR) is 114 cm³/mol. The fraction of sp³-hybridized carbons (Fsp3) is 0.208. The monoisotopic (exact) mass is 375 g/mol. The lowest BCUT2D eigenvalue weighted by atomic mass is 10.0. The molecule has 138 valence electrons. The van der Waals surface area contributed by atoms with Crippen LogP contribution in [0.3, 0.4) is 0 Å². The quantitative estimate of drug-likeness (QED) is 0.456. The van der Waals surface area contributed by atoms with Gasteiger partial charge in [-0.3, -0.25) is 4.79 Å². The molecular formula is C24H25NOS. The molecule has 3 aromatic rings. The SMILES string of the molecule is CCCN(C)Cc1ccc(Sc2ccc(C(=O)c3ccccc3)cc2)cc1. The van der Waals surface area contributed by atoms with Crippen molar-refractivity contribution in [3.63, 3.8) is 0 Å². The molecule has 0 saturated heterocycles. The Balaban J connectivity index is 1.62. The van der Waals surface area contributed by atoms with Crippen LogP contribution in [-0.2, 0) is 6.54 Å². The average Bonchev–Trinajstić information content (AvgIpc) is 2.70. The fourth-order valence-electron chi connectivity index (χ4n) is 3.00. The van der Waals surface area contributed by atoms with Gasteiger partial charge in [-0.25, -0.2) is 0 Å². The highest BCUT2D eigenvalue weighted by Gasteiger charge is 2.08. The maximum absolute atomic E-state index is 12.5. The highest BCUT2D eigenvalue weighted by Crippen LogP contribution is 2.28. The van der Waals surface area contributed by atoms with Gasteiger partial charge >= 0.3 is 0 Å². The van der Waals surface area contributed by atoms with E-state index in [1.54, 1.807) is 11.8 Å². The Morgan fingerprint density at radius 1 is 0.815 bits per heavy atom. The summed E-state index contributed by atoms with van der Waals surface area (Å²) in [6.07, 6.45) is 1.17. The molecule has 0 amide bonds. The molecular weight excluding hydrogens is 350 g/mol. The molecule has 3 aromatic carbocycles. The van der Waals surface area contributed by atoms with Crippen LogP contribution >= 0.6 is 11.8 Å². The normalized spacial score (nSPS) is 10.9. The number of ketones is 1. The van der Waals surface area contributed by atoms with Crippen LogP contribution in [0.2, 0.25) is 0 Å². The molecule has 0 unspecified atom stereocenters. The summed E-state index contributed by atoms with van der Waals surface area (Å²) in [7, 11) is 2.16. The molecule has 0 aliphatic carbocycles. The van der Waals surface area contributed by atoms with E-state index in [1.807, 2.05) is 54.6 Å². The summed E-state index contributed by atoms with van der Waals surface area (Å²) < 4.78 is 0. The van der Waals surface area contributed by atoms with Gasteiger partial charge < -0.3 is 4.90 Å². The molecule has 0 aromatic heterocycles. The minimum Gasteiger partial charge on any atom is -0.302 e. The zero-order valence-corrected chi connectivity index (χ0v) is 16.7. The van der Waals surface area contributed by atoms with Gasteiger partial charge in [-0.05, 0) is 62.0 Å². The van der Waals surface area contributed by atoms with Crippen molar-refractivity contribution < 1.29 is 4.79 Å². The van der Waals surface area contributed by atoms with Crippen LogP contribution in [0.15, 0.2) is 88.7 Å². The van der Waals surface area contributed by atoms with Crippen LogP contribution in [-0.4, -0.2) is 24.3 Å². The molecule has 0 atom stereocenters. The summed E-state index contributed by atoms with van der Waals surface area (Å²) in [5, 5.41) is 0. The van der Waals surface area contributed by atoms with Crippen molar-refractivity contribution in [1.82, 2.24) is 4.90 Å². The zero-order valence-electron chi connectivity index (χ0n) is 15.9. The number of nitrogens with zero attached hydrogens (tertiary/aromatic N) is 1. The van der Waals surface area contributed by atoms with Crippen LogP contribution in [0.25, 0.3) is 0 Å². The van der Waals surface area contributed by atoms with Crippen LogP contribution in [0.4, 0.5) is 0 Å². The van der Waals surface area contributed by atoms with Crippen LogP contribution < -0.4 is 0 Å². The Labute approximate surface area is 166 Å². The number of hydrogen-bond donors (Lipinski definition) is 0. The molecule has 0 aliphatic rings. The highest BCUT2D eigenvalue weighted by molar-refractivity contribution is 7.99. The van der Waals surface area contributed by atoms with Gasteiger partial charge in [0.25, 0.3) is 0 Å². The standard InChI is InChI=1S/C24H25NOS/c1-3-17-25(2)18-19-9-13-22(14-10-19)27-23-15-11-21(12-16-23)24(26)20-7-5-4-6-8-20/h4-16H,3,17-18H2,1-2H3. The number of carbonyl (C=O) groups excluding carboxylic acids is 1. The summed E-state index contributed by atoms with van der Waals surface area (Å²) in [5.41, 5.74) is 2.78. The van der Waals surface area contributed by atoms with Gasteiger partial charge in [0.2, 0.25) is 0 Å². The van der Waals surface area contributed by atoms with Gasteiger partial charge in [-0.1, -0.05) is 61.2 Å². The summed E-state index contributed by atoms with van der Waals surface area (Å²) in [4.78, 5) is 17.2. The first-order chi connectivity index (χ1) is 13.2. The number of rotatable bonds is 8. The maximum Gasteiger partial charge on any atom is 0.193 e. The van der Waals surface area contributed by atoms with Gasteiger partial charge in [0, 0.05) is 27.5 Å². The molecule has 0 aliphatic heterocycles. The van der Waals surface area contributed by atoms with E-state index in [0.29, 0.717) is 0 Å². The zero-order chi connectivity index (χ0) is 19.1. The van der Waals surface area contributed by atoms with Crippen LogP contribution in [0, 0.1) is 0 Å². The van der Waals surface area contributed by atoms with Crippen molar-refractivity contribution in [1.29, 1.82) is 0 Å². The molecule has 0 bridgehead atoms. The molecule has 3 rings (SSSR count). The topological polar surface area (TPSA) is 20.3 Å². The summed E-state index contributed by atoms with van der Waals surface area (Å²) in [5.74, 6) is 0.0627. The van der Waals surface area contributed by atoms with E-state index in [0.717, 1.165) is 29.1 Å². The predicted octanol–water partition coefficient (Wildman–Crippen LogP) is 5.91. The molecule has 0 heterocycles. The third-order valence-electron chi connectivity index (χ3n) is 4.37. The fourth-order valence-corrected chi connectivity index (χ4v) is 3.82. The summed E-state index contributed by atoms with van der Waals surface area (Å²) in [6.45, 7) is 4.30. The van der Waals surface area contributed by atoms with E-state index >= 15 is 0 Å². The van der Waals surface area contributed by atoms with E-state index < -0.39 is 0 Å². The second-order valence-corrected chi connectivity index (χ2v) is 7.85. The Morgan fingerprint density at radius 2 is 1.37 bits per heavy atom. The van der Waals surface area contributed by atoms with Crippen molar-refractivity contribution in [2.45, 2.75) is 29.7 Å². The molecule has 0 radical (unpaired) electrons. The van der Waals surface area contributed by atoms with E-state index in [-0.39, 0.29) is 5.78 Å². The second kappa shape index (κ2) is 9.54. The number of hydrogen-bond acceptors (Lipinski definition) is 3. The molecule has 0 saturated carbocycles. The summed E-state index contributed by atoms with van der Waals surface area (Å²) in [6, 6.07) is 26.0. The minimum absolute atomic E-state index is 0.0627. The minimum atomic E-state index is 0.0627. The molecule has 27 heavy (non-hydrogen) atoms. The van der Waals surface area contributed by atoms with Crippen molar-refractivity contribution in [3.05, 3.63) is 95.6 Å². The van der Waals surface area contributed by atoms with Gasteiger partial charge in [0.15, 0.2) is 5.78 Å². The van der Waals surface area contributed by atoms with Crippen LogP contribution in [0.1, 0.15) is 34.8 Å². The largest absolute Gasteiger partial charge is 0.302 e. The van der Waals surface area contributed by atoms with E-state index in [2.05, 4.69) is 43.1 Å². The lowest BCUT2D eigenvalue weighted by Gasteiger charge is -2.15. The first kappa shape index (κ1) is 19.4. The summed E-state index contributed by atoms with van der Waals surface area (Å²) >= 11 is 1.72. The van der Waals surface area contributed by atoms with Crippen LogP contribution in [0.5, 0.6) is 0 Å². The Hall–Kier alpha value is -2.36. The molecule has 0 spiro atoms. The van der Waals surface area contributed by atoms with E-state index in [4.69, 9.17) is 0 Å². The third-order valence-corrected chi connectivity index (χ3v) is 5.39. The molecule has 3 heteroatoms. The molecule has 0 N–H and O–H groups in total. The first-order valence-electron chi connectivity index (χ1n) is 9.31. The van der Waals surface area contributed by atoms with Gasteiger partial charge in [0.1, 0.15) is 0 Å². The first-order valence-corrected chi connectivity index (χ1v) is 10.1. The van der Waals surface area contributed by atoms with Gasteiger partial charge in [0.05, 0.1) is 0 Å². The maximum atomic E-state index is 12.5.